The minimum absolute atomic E-state index is 0.109. The van der Waals surface area contributed by atoms with Gasteiger partial charge in [0.1, 0.15) is 5.39 Å². The van der Waals surface area contributed by atoms with Crippen molar-refractivity contribution in [1.82, 2.24) is 19.7 Å². The van der Waals surface area contributed by atoms with Gasteiger partial charge in [0.25, 0.3) is 5.56 Å². The van der Waals surface area contributed by atoms with Crippen LogP contribution in [0, 0.1) is 5.92 Å². The normalized spacial score (nSPS) is 21.6. The third-order valence-electron chi connectivity index (χ3n) is 5.46. The third-order valence-corrected chi connectivity index (χ3v) is 5.46. The Morgan fingerprint density at radius 3 is 2.56 bits per heavy atom. The van der Waals surface area contributed by atoms with Crippen LogP contribution in [0.1, 0.15) is 66.2 Å². The molecular weight excluding hydrogens is 314 g/mol. The van der Waals surface area contributed by atoms with Crippen molar-refractivity contribution in [2.75, 3.05) is 11.9 Å². The Bertz CT molecular complexity index is 777. The second kappa shape index (κ2) is 6.81. The van der Waals surface area contributed by atoms with Crippen LogP contribution in [-0.4, -0.2) is 32.8 Å². The molecule has 1 saturated carbocycles. The maximum Gasteiger partial charge on any atom is 0.263 e. The topological polar surface area (TPSA) is 66.8 Å². The summed E-state index contributed by atoms with van der Waals surface area (Å²) in [6.07, 6.45) is 9.11. The predicted molar refractivity (Wildman–Crippen MR) is 102 cm³/mol. The van der Waals surface area contributed by atoms with E-state index in [9.17, 15) is 4.79 Å². The number of H-pyrrole nitrogens is 1. The lowest BCUT2D eigenvalue weighted by molar-refractivity contribution is 0.302. The quantitative estimate of drug-likeness (QED) is 0.918. The van der Waals surface area contributed by atoms with Gasteiger partial charge < -0.3 is 4.90 Å². The smallest absolute Gasteiger partial charge is 0.263 e. The molecule has 1 aliphatic carbocycles. The van der Waals surface area contributed by atoms with Gasteiger partial charge in [0.15, 0.2) is 5.65 Å². The van der Waals surface area contributed by atoms with E-state index in [4.69, 9.17) is 4.98 Å². The lowest BCUT2D eigenvalue weighted by Crippen LogP contribution is -2.37. The Balaban J connectivity index is 1.87. The Morgan fingerprint density at radius 1 is 1.28 bits per heavy atom. The van der Waals surface area contributed by atoms with Gasteiger partial charge in [0, 0.05) is 13.1 Å². The Kier molecular flexibility index (Phi) is 4.89. The molecule has 25 heavy (non-hydrogen) atoms. The fourth-order valence-corrected chi connectivity index (χ4v) is 3.97. The zero-order chi connectivity index (χ0) is 18.2. The van der Waals surface area contributed by atoms with Crippen molar-refractivity contribution >= 4 is 17.0 Å². The van der Waals surface area contributed by atoms with Crippen LogP contribution < -0.4 is 10.5 Å². The molecular formula is C19H31N5O. The van der Waals surface area contributed by atoms with Crippen LogP contribution in [0.3, 0.4) is 0 Å². The number of anilines is 1. The molecule has 2 heterocycles. The zero-order valence-electron chi connectivity index (χ0n) is 16.2. The van der Waals surface area contributed by atoms with Crippen LogP contribution in [0.5, 0.6) is 0 Å². The second-order valence-corrected chi connectivity index (χ2v) is 8.43. The summed E-state index contributed by atoms with van der Waals surface area (Å²) in [7, 11) is 2.05. The van der Waals surface area contributed by atoms with E-state index < -0.39 is 0 Å². The molecule has 0 saturated heterocycles. The van der Waals surface area contributed by atoms with Crippen molar-refractivity contribution in [2.45, 2.75) is 77.8 Å². The largest absolute Gasteiger partial charge is 0.342 e. The first-order chi connectivity index (χ1) is 11.8. The number of hydrogen-bond donors (Lipinski definition) is 1. The van der Waals surface area contributed by atoms with Crippen LogP contribution >= 0.6 is 0 Å². The van der Waals surface area contributed by atoms with E-state index in [2.05, 4.69) is 42.7 Å². The monoisotopic (exact) mass is 345 g/mol. The molecule has 1 fully saturated rings. The molecule has 2 aromatic heterocycles. The van der Waals surface area contributed by atoms with Crippen LogP contribution in [-0.2, 0) is 5.54 Å². The number of hydrogen-bond acceptors (Lipinski definition) is 4. The average molecular weight is 345 g/mol. The van der Waals surface area contributed by atoms with Gasteiger partial charge in [-0.2, -0.15) is 10.1 Å². The highest BCUT2D eigenvalue weighted by Gasteiger charge is 2.26. The molecule has 0 atom stereocenters. The lowest BCUT2D eigenvalue weighted by atomic mass is 9.83. The van der Waals surface area contributed by atoms with Gasteiger partial charge in [-0.25, -0.2) is 4.68 Å². The number of fused-ring (bicyclic) bond motifs is 1. The summed E-state index contributed by atoms with van der Waals surface area (Å²) in [6, 6.07) is 0.444. The highest BCUT2D eigenvalue weighted by Crippen LogP contribution is 2.31. The molecule has 0 spiro atoms. The van der Waals surface area contributed by atoms with E-state index in [-0.39, 0.29) is 11.1 Å². The first-order valence-electron chi connectivity index (χ1n) is 9.52. The Labute approximate surface area is 149 Å². The molecule has 0 bridgehead atoms. The van der Waals surface area contributed by atoms with Crippen molar-refractivity contribution in [3.63, 3.8) is 0 Å². The highest BCUT2D eigenvalue weighted by atomic mass is 16.1. The standard InChI is InChI=1S/C19H31N5O/c1-6-7-13-8-10-14(11-9-13)23(5)18-21-16-15(17(25)22-18)12-20-24(16)19(2,3)4/h12-14H,6-11H2,1-5H3,(H,21,22,25). The minimum atomic E-state index is -0.212. The van der Waals surface area contributed by atoms with Crippen molar-refractivity contribution in [3.05, 3.63) is 16.6 Å². The number of nitrogens with zero attached hydrogens (tertiary/aromatic N) is 4. The number of aromatic nitrogens is 4. The SMILES string of the molecule is CCCC1CCC(N(C)c2nc3c(cnn3C(C)(C)C)c(=O)[nH]2)CC1. The fraction of sp³-hybridized carbons (Fsp3) is 0.737. The highest BCUT2D eigenvalue weighted by molar-refractivity contribution is 5.74. The number of rotatable bonds is 4. The molecule has 6 heteroatoms. The molecule has 0 radical (unpaired) electrons. The fourth-order valence-electron chi connectivity index (χ4n) is 3.97. The lowest BCUT2D eigenvalue weighted by Gasteiger charge is -2.35. The van der Waals surface area contributed by atoms with Gasteiger partial charge in [-0.05, 0) is 52.4 Å². The summed E-state index contributed by atoms with van der Waals surface area (Å²) in [5, 5.41) is 4.94. The minimum Gasteiger partial charge on any atom is -0.342 e. The first kappa shape index (κ1) is 18.0. The Morgan fingerprint density at radius 2 is 1.96 bits per heavy atom. The molecule has 0 amide bonds. The van der Waals surface area contributed by atoms with E-state index in [1.54, 1.807) is 6.20 Å². The summed E-state index contributed by atoms with van der Waals surface area (Å²) >= 11 is 0. The maximum atomic E-state index is 12.5. The maximum absolute atomic E-state index is 12.5. The molecule has 0 aliphatic heterocycles. The van der Waals surface area contributed by atoms with E-state index >= 15 is 0 Å². The summed E-state index contributed by atoms with van der Waals surface area (Å²) in [5.41, 5.74) is 0.344. The van der Waals surface area contributed by atoms with Crippen LogP contribution in [0.4, 0.5) is 5.95 Å². The second-order valence-electron chi connectivity index (χ2n) is 8.43. The molecule has 1 aliphatic rings. The number of aromatic amines is 1. The molecule has 3 rings (SSSR count). The molecule has 6 nitrogen and oxygen atoms in total. The van der Waals surface area contributed by atoms with Crippen LogP contribution in [0.15, 0.2) is 11.0 Å². The molecule has 0 aromatic carbocycles. The summed E-state index contributed by atoms with van der Waals surface area (Å²) in [6.45, 7) is 8.47. The predicted octanol–water partition coefficient (Wildman–Crippen LogP) is 3.67. The van der Waals surface area contributed by atoms with Gasteiger partial charge in [0.05, 0.1) is 11.7 Å². The van der Waals surface area contributed by atoms with Crippen molar-refractivity contribution in [3.8, 4) is 0 Å². The van der Waals surface area contributed by atoms with Crippen molar-refractivity contribution < 1.29 is 0 Å². The average Bonchev–Trinajstić information content (AvgIpc) is 3.00. The van der Waals surface area contributed by atoms with Crippen molar-refractivity contribution in [1.29, 1.82) is 0 Å². The van der Waals surface area contributed by atoms with E-state index in [1.165, 1.54) is 38.5 Å². The van der Waals surface area contributed by atoms with E-state index in [0.717, 1.165) is 5.92 Å². The van der Waals surface area contributed by atoms with E-state index in [1.807, 2.05) is 11.7 Å². The van der Waals surface area contributed by atoms with Crippen LogP contribution in [0.25, 0.3) is 11.0 Å². The third kappa shape index (κ3) is 3.58. The molecule has 0 unspecified atom stereocenters. The van der Waals surface area contributed by atoms with Gasteiger partial charge >= 0.3 is 0 Å². The van der Waals surface area contributed by atoms with Gasteiger partial charge in [-0.3, -0.25) is 9.78 Å². The van der Waals surface area contributed by atoms with Gasteiger partial charge in [-0.1, -0.05) is 19.8 Å². The summed E-state index contributed by atoms with van der Waals surface area (Å²) < 4.78 is 1.84. The van der Waals surface area contributed by atoms with Crippen LogP contribution in [0.2, 0.25) is 0 Å². The molecule has 2 aromatic rings. The molecule has 138 valence electrons. The van der Waals surface area contributed by atoms with Crippen molar-refractivity contribution in [2.24, 2.45) is 5.92 Å². The Hall–Kier alpha value is -1.85. The summed E-state index contributed by atoms with van der Waals surface area (Å²) in [4.78, 5) is 22.4. The summed E-state index contributed by atoms with van der Waals surface area (Å²) in [5.74, 6) is 1.52. The van der Waals surface area contributed by atoms with Gasteiger partial charge in [-0.15, -0.1) is 0 Å². The molecule has 1 N–H and O–H groups in total. The number of nitrogens with one attached hydrogen (secondary N) is 1. The zero-order valence-corrected chi connectivity index (χ0v) is 16.2. The first-order valence-corrected chi connectivity index (χ1v) is 9.52. The van der Waals surface area contributed by atoms with E-state index in [0.29, 0.717) is 23.0 Å². The van der Waals surface area contributed by atoms with Gasteiger partial charge in [0.2, 0.25) is 5.95 Å².